The fourth-order valence-corrected chi connectivity index (χ4v) is 1.16. The van der Waals surface area contributed by atoms with Crippen LogP contribution in [-0.4, -0.2) is 33.4 Å². The molecule has 84 valence electrons. The highest BCUT2D eigenvalue weighted by Gasteiger charge is 1.92. The van der Waals surface area contributed by atoms with Gasteiger partial charge in [0.2, 0.25) is 0 Å². The maximum Gasteiger partial charge on any atom is 0.123 e. The quantitative estimate of drug-likeness (QED) is 0.672. The Kier molecular flexibility index (Phi) is 5.73. The van der Waals surface area contributed by atoms with Crippen LogP contribution in [0.25, 0.3) is 0 Å². The first-order chi connectivity index (χ1) is 7.33. The lowest BCUT2D eigenvalue weighted by Gasteiger charge is -2.07. The Morgan fingerprint density at radius 1 is 1.13 bits per heavy atom. The highest BCUT2D eigenvalue weighted by molar-refractivity contribution is 5.42. The van der Waals surface area contributed by atoms with E-state index in [4.69, 9.17) is 4.74 Å². The van der Waals surface area contributed by atoms with Gasteiger partial charge in [0.05, 0.1) is 6.61 Å². The zero-order valence-electron chi connectivity index (χ0n) is 8.92. The third kappa shape index (κ3) is 5.34. The fourth-order valence-electron chi connectivity index (χ4n) is 1.16. The van der Waals surface area contributed by atoms with Crippen LogP contribution >= 0.6 is 0 Å². The zero-order valence-corrected chi connectivity index (χ0v) is 8.92. The lowest BCUT2D eigenvalue weighted by molar-refractivity contribution is 0.200. The van der Waals surface area contributed by atoms with Gasteiger partial charge in [-0.3, -0.25) is 0 Å². The molecule has 0 aromatic heterocycles. The molecule has 0 amide bonds. The monoisotopic (exact) mass is 212 g/mol. The van der Waals surface area contributed by atoms with Crippen molar-refractivity contribution >= 4 is 5.69 Å². The van der Waals surface area contributed by atoms with Crippen molar-refractivity contribution in [3.63, 3.8) is 0 Å². The second kappa shape index (κ2) is 7.20. The van der Waals surface area contributed by atoms with Crippen LogP contribution in [0.3, 0.4) is 0 Å². The maximum atomic E-state index is 12.6. The summed E-state index contributed by atoms with van der Waals surface area (Å²) in [6.45, 7) is 3.24. The summed E-state index contributed by atoms with van der Waals surface area (Å²) < 4.78 is 17.5. The number of halogens is 1. The number of hydrogen-bond acceptors (Lipinski definition) is 3. The molecular formula is C11H17FN2O. The summed E-state index contributed by atoms with van der Waals surface area (Å²) in [5.74, 6) is -0.209. The SMILES string of the molecule is COCCNCCNc1ccc(F)cc1. The summed E-state index contributed by atoms with van der Waals surface area (Å²) >= 11 is 0. The molecule has 2 N–H and O–H groups in total. The van der Waals surface area contributed by atoms with Crippen molar-refractivity contribution in [2.45, 2.75) is 0 Å². The van der Waals surface area contributed by atoms with E-state index in [9.17, 15) is 4.39 Å². The summed E-state index contributed by atoms with van der Waals surface area (Å²) in [4.78, 5) is 0. The second-order valence-electron chi connectivity index (χ2n) is 3.18. The van der Waals surface area contributed by atoms with Gasteiger partial charge in [-0.05, 0) is 24.3 Å². The van der Waals surface area contributed by atoms with E-state index in [1.54, 1.807) is 19.2 Å². The van der Waals surface area contributed by atoms with E-state index in [-0.39, 0.29) is 5.82 Å². The van der Waals surface area contributed by atoms with Crippen LogP contribution in [0.4, 0.5) is 10.1 Å². The topological polar surface area (TPSA) is 33.3 Å². The van der Waals surface area contributed by atoms with E-state index in [0.717, 1.165) is 31.9 Å². The van der Waals surface area contributed by atoms with E-state index in [1.165, 1.54) is 12.1 Å². The highest BCUT2D eigenvalue weighted by atomic mass is 19.1. The van der Waals surface area contributed by atoms with Gasteiger partial charge in [0.15, 0.2) is 0 Å². The molecule has 0 saturated carbocycles. The Morgan fingerprint density at radius 2 is 1.87 bits per heavy atom. The van der Waals surface area contributed by atoms with Gasteiger partial charge in [-0.2, -0.15) is 0 Å². The first-order valence-electron chi connectivity index (χ1n) is 5.02. The Hall–Kier alpha value is -1.13. The van der Waals surface area contributed by atoms with Crippen LogP contribution in [0.1, 0.15) is 0 Å². The van der Waals surface area contributed by atoms with Crippen LogP contribution in [0.2, 0.25) is 0 Å². The maximum absolute atomic E-state index is 12.6. The third-order valence-electron chi connectivity index (χ3n) is 1.96. The Balaban J connectivity index is 2.07. The fraction of sp³-hybridized carbons (Fsp3) is 0.455. The molecule has 1 rings (SSSR count). The number of nitrogens with one attached hydrogen (secondary N) is 2. The van der Waals surface area contributed by atoms with Gasteiger partial charge in [-0.1, -0.05) is 0 Å². The number of rotatable bonds is 7. The van der Waals surface area contributed by atoms with E-state index in [0.29, 0.717) is 0 Å². The lowest BCUT2D eigenvalue weighted by Crippen LogP contribution is -2.25. The lowest BCUT2D eigenvalue weighted by atomic mass is 10.3. The Labute approximate surface area is 89.6 Å². The van der Waals surface area contributed by atoms with Crippen LogP contribution in [0.15, 0.2) is 24.3 Å². The molecule has 1 aromatic carbocycles. The molecule has 0 saturated heterocycles. The molecule has 0 aliphatic carbocycles. The van der Waals surface area contributed by atoms with Crippen LogP contribution in [0, 0.1) is 5.82 Å². The minimum absolute atomic E-state index is 0.209. The first-order valence-corrected chi connectivity index (χ1v) is 5.02. The molecule has 15 heavy (non-hydrogen) atoms. The van der Waals surface area contributed by atoms with Gasteiger partial charge in [-0.15, -0.1) is 0 Å². The van der Waals surface area contributed by atoms with Crippen LogP contribution in [0.5, 0.6) is 0 Å². The summed E-state index contributed by atoms with van der Waals surface area (Å²) in [7, 11) is 1.68. The van der Waals surface area contributed by atoms with Crippen molar-refractivity contribution in [2.24, 2.45) is 0 Å². The van der Waals surface area contributed by atoms with E-state index in [2.05, 4.69) is 10.6 Å². The Morgan fingerprint density at radius 3 is 2.53 bits per heavy atom. The standard InChI is InChI=1S/C11H17FN2O/c1-15-9-8-13-6-7-14-11-4-2-10(12)3-5-11/h2-5,13-14H,6-9H2,1H3. The molecule has 0 unspecified atom stereocenters. The Bertz CT molecular complexity index is 264. The second-order valence-corrected chi connectivity index (χ2v) is 3.18. The van der Waals surface area contributed by atoms with Crippen molar-refractivity contribution in [3.05, 3.63) is 30.1 Å². The van der Waals surface area contributed by atoms with Crippen molar-refractivity contribution in [1.29, 1.82) is 0 Å². The van der Waals surface area contributed by atoms with E-state index < -0.39 is 0 Å². The van der Waals surface area contributed by atoms with Gasteiger partial charge in [0.25, 0.3) is 0 Å². The van der Waals surface area contributed by atoms with Crippen LogP contribution in [-0.2, 0) is 4.74 Å². The molecule has 4 heteroatoms. The number of benzene rings is 1. The average Bonchev–Trinajstić information content (AvgIpc) is 2.26. The van der Waals surface area contributed by atoms with Gasteiger partial charge in [0, 0.05) is 32.4 Å². The number of anilines is 1. The molecule has 0 aliphatic heterocycles. The van der Waals surface area contributed by atoms with E-state index >= 15 is 0 Å². The highest BCUT2D eigenvalue weighted by Crippen LogP contribution is 2.06. The molecule has 0 heterocycles. The normalized spacial score (nSPS) is 10.3. The van der Waals surface area contributed by atoms with E-state index in [1.807, 2.05) is 0 Å². The summed E-state index contributed by atoms with van der Waals surface area (Å²) in [6, 6.07) is 6.34. The average molecular weight is 212 g/mol. The third-order valence-corrected chi connectivity index (χ3v) is 1.96. The minimum atomic E-state index is -0.209. The number of ether oxygens (including phenoxy) is 1. The van der Waals surface area contributed by atoms with Gasteiger partial charge < -0.3 is 15.4 Å². The first kappa shape index (κ1) is 11.9. The molecule has 0 spiro atoms. The smallest absolute Gasteiger partial charge is 0.123 e. The molecule has 0 fully saturated rings. The largest absolute Gasteiger partial charge is 0.384 e. The van der Waals surface area contributed by atoms with Crippen LogP contribution < -0.4 is 10.6 Å². The molecule has 0 atom stereocenters. The predicted octanol–water partition coefficient (Wildman–Crippen LogP) is 1.47. The molecule has 1 aromatic rings. The number of methoxy groups -OCH3 is 1. The van der Waals surface area contributed by atoms with Crippen molar-refractivity contribution < 1.29 is 9.13 Å². The molecule has 0 aliphatic rings. The van der Waals surface area contributed by atoms with Crippen molar-refractivity contribution in [2.75, 3.05) is 38.7 Å². The predicted molar refractivity (Wildman–Crippen MR) is 59.6 cm³/mol. The molecule has 0 bridgehead atoms. The molecule has 0 radical (unpaired) electrons. The minimum Gasteiger partial charge on any atom is -0.384 e. The summed E-state index contributed by atoms with van der Waals surface area (Å²) in [5, 5.41) is 6.39. The van der Waals surface area contributed by atoms with Gasteiger partial charge in [-0.25, -0.2) is 4.39 Å². The van der Waals surface area contributed by atoms with Gasteiger partial charge >= 0.3 is 0 Å². The number of hydrogen-bond donors (Lipinski definition) is 2. The van der Waals surface area contributed by atoms with Crippen molar-refractivity contribution in [1.82, 2.24) is 5.32 Å². The zero-order chi connectivity index (χ0) is 10.9. The molecular weight excluding hydrogens is 195 g/mol. The van der Waals surface area contributed by atoms with Crippen molar-refractivity contribution in [3.8, 4) is 0 Å². The summed E-state index contributed by atoms with van der Waals surface area (Å²) in [5.41, 5.74) is 0.935. The summed E-state index contributed by atoms with van der Waals surface area (Å²) in [6.07, 6.45) is 0. The molecule has 3 nitrogen and oxygen atoms in total. The van der Waals surface area contributed by atoms with Gasteiger partial charge in [0.1, 0.15) is 5.82 Å².